The lowest BCUT2D eigenvalue weighted by Gasteiger charge is -2.32. The molecule has 5 aromatic rings. The fraction of sp³-hybridized carbons (Fsp3) is 0.257. The molecule has 8 nitrogen and oxygen atoms in total. The SMILES string of the molecule is Fc1cccc(CN2CCCC(c3nc4ccc(-c5ccncc5)cc4n3Cc3cccc(F)c3)C2)c1.O=C(O)C(F)(F)F.O=C(O)C(F)(F)F. The van der Waals surface area contributed by atoms with Crippen LogP contribution in [0.3, 0.4) is 0 Å². The summed E-state index contributed by atoms with van der Waals surface area (Å²) in [6.07, 6.45) is -4.50. The van der Waals surface area contributed by atoms with Crippen molar-refractivity contribution in [1.29, 1.82) is 0 Å². The van der Waals surface area contributed by atoms with Gasteiger partial charge in [-0.25, -0.2) is 23.4 Å². The summed E-state index contributed by atoms with van der Waals surface area (Å²) >= 11 is 0. The maximum Gasteiger partial charge on any atom is 0.490 e. The molecule has 0 radical (unpaired) electrons. The molecule has 2 aromatic heterocycles. The Hall–Kier alpha value is -5.38. The number of rotatable bonds is 6. The zero-order chi connectivity index (χ0) is 37.3. The summed E-state index contributed by atoms with van der Waals surface area (Å²) in [6.45, 7) is 3.08. The highest BCUT2D eigenvalue weighted by atomic mass is 19.4. The summed E-state index contributed by atoms with van der Waals surface area (Å²) in [6, 6.07) is 24.0. The van der Waals surface area contributed by atoms with Crippen LogP contribution in [0.25, 0.3) is 22.2 Å². The van der Waals surface area contributed by atoms with Gasteiger partial charge in [0.1, 0.15) is 17.5 Å². The number of benzene rings is 3. The second-order valence-corrected chi connectivity index (χ2v) is 11.4. The third kappa shape index (κ3) is 11.1. The molecule has 6 rings (SSSR count). The Labute approximate surface area is 285 Å². The second kappa shape index (κ2) is 16.6. The molecule has 3 heterocycles. The highest BCUT2D eigenvalue weighted by molar-refractivity contribution is 5.83. The zero-order valence-corrected chi connectivity index (χ0v) is 26.5. The number of carboxylic acids is 2. The Morgan fingerprint density at radius 1 is 0.745 bits per heavy atom. The van der Waals surface area contributed by atoms with E-state index in [1.807, 2.05) is 24.3 Å². The van der Waals surface area contributed by atoms with Crippen LogP contribution in [-0.2, 0) is 22.7 Å². The third-order valence-electron chi connectivity index (χ3n) is 7.67. The second-order valence-electron chi connectivity index (χ2n) is 11.4. The molecule has 0 amide bonds. The fourth-order valence-electron chi connectivity index (χ4n) is 5.46. The van der Waals surface area contributed by atoms with Crippen LogP contribution in [0, 0.1) is 11.6 Å². The Morgan fingerprint density at radius 2 is 1.29 bits per heavy atom. The predicted molar refractivity (Wildman–Crippen MR) is 169 cm³/mol. The van der Waals surface area contributed by atoms with Gasteiger partial charge in [0.25, 0.3) is 0 Å². The number of imidazole rings is 1. The quantitative estimate of drug-likeness (QED) is 0.171. The molecule has 16 heteroatoms. The number of carboxylic acid groups (broad SMARTS) is 2. The van der Waals surface area contributed by atoms with Crippen molar-refractivity contribution in [3.05, 3.63) is 120 Å². The Bertz CT molecular complexity index is 1920. The van der Waals surface area contributed by atoms with E-state index in [1.54, 1.807) is 36.7 Å². The lowest BCUT2D eigenvalue weighted by atomic mass is 9.96. The van der Waals surface area contributed by atoms with Gasteiger partial charge < -0.3 is 14.8 Å². The largest absolute Gasteiger partial charge is 0.490 e. The summed E-state index contributed by atoms with van der Waals surface area (Å²) in [5.74, 6) is -4.70. The molecule has 1 aliphatic heterocycles. The Morgan fingerprint density at radius 3 is 1.82 bits per heavy atom. The van der Waals surface area contributed by atoms with Gasteiger partial charge in [0.05, 0.1) is 11.0 Å². The van der Waals surface area contributed by atoms with Crippen LogP contribution in [0.15, 0.2) is 91.3 Å². The molecule has 0 saturated carbocycles. The number of halogens is 8. The van der Waals surface area contributed by atoms with Gasteiger partial charge >= 0.3 is 24.3 Å². The van der Waals surface area contributed by atoms with E-state index in [1.165, 1.54) is 12.1 Å². The molecule has 1 fully saturated rings. The number of carbonyl (C=O) groups is 2. The average molecular weight is 723 g/mol. The first-order chi connectivity index (χ1) is 24.0. The van der Waals surface area contributed by atoms with Gasteiger partial charge in [-0.15, -0.1) is 0 Å². The van der Waals surface area contributed by atoms with E-state index >= 15 is 0 Å². The van der Waals surface area contributed by atoms with Crippen molar-refractivity contribution in [2.75, 3.05) is 13.1 Å². The minimum atomic E-state index is -5.08. The molecule has 1 unspecified atom stereocenters. The lowest BCUT2D eigenvalue weighted by molar-refractivity contribution is -0.193. The fourth-order valence-corrected chi connectivity index (χ4v) is 5.46. The summed E-state index contributed by atoms with van der Waals surface area (Å²) in [7, 11) is 0. The van der Waals surface area contributed by atoms with E-state index in [4.69, 9.17) is 24.8 Å². The van der Waals surface area contributed by atoms with Crippen molar-refractivity contribution in [2.24, 2.45) is 0 Å². The number of hydrogen-bond donors (Lipinski definition) is 2. The van der Waals surface area contributed by atoms with Gasteiger partial charge in [-0.1, -0.05) is 30.3 Å². The number of hydrogen-bond acceptors (Lipinski definition) is 5. The van der Waals surface area contributed by atoms with Crippen molar-refractivity contribution in [1.82, 2.24) is 19.4 Å². The highest BCUT2D eigenvalue weighted by Crippen LogP contribution is 2.33. The summed E-state index contributed by atoms with van der Waals surface area (Å²) in [5, 5.41) is 14.2. The van der Waals surface area contributed by atoms with Crippen molar-refractivity contribution < 1.29 is 54.9 Å². The number of pyridine rings is 1. The van der Waals surface area contributed by atoms with Crippen LogP contribution in [-0.4, -0.2) is 67.0 Å². The maximum absolute atomic E-state index is 14.1. The molecular weight excluding hydrogens is 692 g/mol. The van der Waals surface area contributed by atoms with Crippen LogP contribution >= 0.6 is 0 Å². The summed E-state index contributed by atoms with van der Waals surface area (Å²) < 4.78 is 93.6. The number of piperidine rings is 1. The van der Waals surface area contributed by atoms with Crippen molar-refractivity contribution >= 4 is 23.0 Å². The van der Waals surface area contributed by atoms with Crippen molar-refractivity contribution in [2.45, 2.75) is 44.2 Å². The smallest absolute Gasteiger partial charge is 0.475 e. The van der Waals surface area contributed by atoms with Gasteiger partial charge in [0.15, 0.2) is 0 Å². The minimum Gasteiger partial charge on any atom is -0.475 e. The number of fused-ring (bicyclic) bond motifs is 1. The molecule has 2 N–H and O–H groups in total. The minimum absolute atomic E-state index is 0.201. The molecule has 3 aromatic carbocycles. The number of aromatic nitrogens is 3. The monoisotopic (exact) mass is 722 g/mol. The number of nitrogens with zero attached hydrogens (tertiary/aromatic N) is 4. The molecule has 51 heavy (non-hydrogen) atoms. The van der Waals surface area contributed by atoms with Gasteiger partial charge in [0, 0.05) is 37.9 Å². The molecule has 1 saturated heterocycles. The van der Waals surface area contributed by atoms with Crippen molar-refractivity contribution in [3.63, 3.8) is 0 Å². The Balaban J connectivity index is 0.000000353. The van der Waals surface area contributed by atoms with Crippen molar-refractivity contribution in [3.8, 4) is 11.1 Å². The van der Waals surface area contributed by atoms with E-state index in [9.17, 15) is 35.1 Å². The van der Waals surface area contributed by atoms with E-state index in [2.05, 4.69) is 32.7 Å². The molecule has 1 aliphatic rings. The average Bonchev–Trinajstić information content (AvgIpc) is 3.42. The van der Waals surface area contributed by atoms with Crippen LogP contribution in [0.4, 0.5) is 35.1 Å². The van der Waals surface area contributed by atoms with Crippen LogP contribution in [0.2, 0.25) is 0 Å². The molecule has 0 bridgehead atoms. The molecule has 1 atom stereocenters. The summed E-state index contributed by atoms with van der Waals surface area (Å²) in [5.41, 5.74) is 6.05. The van der Waals surface area contributed by atoms with E-state index in [0.717, 1.165) is 65.0 Å². The molecule has 0 spiro atoms. The lowest BCUT2D eigenvalue weighted by Crippen LogP contribution is -2.35. The summed E-state index contributed by atoms with van der Waals surface area (Å²) in [4.78, 5) is 29.4. The number of aliphatic carboxylic acids is 2. The topological polar surface area (TPSA) is 109 Å². The first-order valence-electron chi connectivity index (χ1n) is 15.2. The molecular formula is C35H30F8N4O4. The predicted octanol–water partition coefficient (Wildman–Crippen LogP) is 8.07. The first kappa shape index (κ1) is 38.4. The van der Waals surface area contributed by atoms with Gasteiger partial charge in [0.2, 0.25) is 0 Å². The molecule has 0 aliphatic carbocycles. The van der Waals surface area contributed by atoms with Crippen LogP contribution < -0.4 is 0 Å². The standard InChI is InChI=1S/C31H28F2N4.2C2HF3O2/c32-27-7-1-4-22(16-27)19-36-15-3-6-26(21-36)31-35-29-10-9-25(24-11-13-34-14-12-24)18-30(29)37(31)20-23-5-2-8-28(33)17-23;2*3-2(4,5)1(6)7/h1-2,4-5,7-14,16-18,26H,3,6,15,19-21H2;2*(H,6,7). The Kier molecular flexibility index (Phi) is 12.5. The van der Waals surface area contributed by atoms with E-state index in [0.29, 0.717) is 13.1 Å². The molecule has 270 valence electrons. The zero-order valence-electron chi connectivity index (χ0n) is 26.5. The number of alkyl halides is 6. The van der Waals surface area contributed by atoms with E-state index < -0.39 is 24.3 Å². The maximum atomic E-state index is 14.1. The first-order valence-corrected chi connectivity index (χ1v) is 15.2. The van der Waals surface area contributed by atoms with Crippen LogP contribution in [0.5, 0.6) is 0 Å². The van der Waals surface area contributed by atoms with Crippen LogP contribution in [0.1, 0.15) is 35.7 Å². The van der Waals surface area contributed by atoms with Gasteiger partial charge in [-0.2, -0.15) is 26.3 Å². The van der Waals surface area contributed by atoms with Gasteiger partial charge in [-0.3, -0.25) is 9.88 Å². The van der Waals surface area contributed by atoms with Gasteiger partial charge in [-0.05, 0) is 90.2 Å². The van der Waals surface area contributed by atoms with E-state index in [-0.39, 0.29) is 17.6 Å². The highest BCUT2D eigenvalue weighted by Gasteiger charge is 2.39. The number of likely N-dealkylation sites (tertiary alicyclic amines) is 1. The normalized spacial score (nSPS) is 14.9. The third-order valence-corrected chi connectivity index (χ3v) is 7.67.